The zero-order valence-electron chi connectivity index (χ0n) is 59.8. The summed E-state index contributed by atoms with van der Waals surface area (Å²) in [5.41, 5.74) is 1.38. The first-order valence-corrected chi connectivity index (χ1v) is 35.4. The van der Waals surface area contributed by atoms with Crippen molar-refractivity contribution >= 4 is 35.4 Å². The van der Waals surface area contributed by atoms with E-state index in [9.17, 15) is 39.0 Å². The molecule has 16 atom stereocenters. The van der Waals surface area contributed by atoms with Crippen molar-refractivity contribution in [2.45, 2.75) is 212 Å². The number of carbonyl (C=O) groups is 6. The van der Waals surface area contributed by atoms with Crippen molar-refractivity contribution in [1.29, 1.82) is 0 Å². The van der Waals surface area contributed by atoms with Crippen LogP contribution in [0, 0.1) is 35.5 Å². The first-order valence-electron chi connectivity index (χ1n) is 35.4. The number of ketones is 2. The van der Waals surface area contributed by atoms with Crippen LogP contribution in [-0.4, -0.2) is 249 Å². The number of fused-ring (bicyclic) bond motifs is 3. The van der Waals surface area contributed by atoms with Gasteiger partial charge in [-0.25, -0.2) is 9.59 Å². The van der Waals surface area contributed by atoms with Crippen molar-refractivity contribution in [3.05, 3.63) is 47.6 Å². The number of hydrogen-bond donors (Lipinski definition) is 4. The van der Waals surface area contributed by atoms with E-state index in [0.717, 1.165) is 5.57 Å². The quantitative estimate of drug-likeness (QED) is 0.0277. The number of cyclic esters (lactones) is 1. The number of hydrogen-bond acceptors (Lipinski definition) is 21. The van der Waals surface area contributed by atoms with E-state index in [0.29, 0.717) is 168 Å². The van der Waals surface area contributed by atoms with E-state index in [1.54, 1.807) is 35.2 Å². The molecule has 3 saturated heterocycles. The molecule has 4 N–H and O–H groups in total. The second-order valence-electron chi connectivity index (χ2n) is 27.1. The van der Waals surface area contributed by atoms with Crippen molar-refractivity contribution in [3.8, 4) is 0 Å². The number of nitrogens with one attached hydrogen (secondary N) is 2. The molecule has 548 valence electrons. The van der Waals surface area contributed by atoms with E-state index >= 15 is 0 Å². The van der Waals surface area contributed by atoms with E-state index < -0.39 is 96.2 Å². The molecule has 3 amide bonds. The van der Waals surface area contributed by atoms with E-state index in [4.69, 9.17) is 56.8 Å². The summed E-state index contributed by atoms with van der Waals surface area (Å²) in [7, 11) is 6.18. The lowest BCUT2D eigenvalue weighted by Crippen LogP contribution is -2.61. The number of ether oxygens (including phenoxy) is 12. The minimum atomic E-state index is -2.45. The molecule has 0 aromatic rings. The average molecular weight is 1360 g/mol. The first kappa shape index (κ1) is 82.1. The van der Waals surface area contributed by atoms with Crippen LogP contribution in [-0.2, 0) is 80.8 Å². The van der Waals surface area contributed by atoms with Gasteiger partial charge in [0.15, 0.2) is 5.78 Å². The number of methoxy groups -OCH3 is 4. The van der Waals surface area contributed by atoms with Gasteiger partial charge in [0.25, 0.3) is 11.7 Å². The highest BCUT2D eigenvalue weighted by Crippen LogP contribution is 2.39. The molecule has 1 saturated carbocycles. The number of aliphatic hydroxyl groups is 2. The van der Waals surface area contributed by atoms with Crippen molar-refractivity contribution in [2.24, 2.45) is 35.5 Å². The molecule has 96 heavy (non-hydrogen) atoms. The Hall–Kier alpha value is -4.54. The van der Waals surface area contributed by atoms with Gasteiger partial charge < -0.3 is 82.6 Å². The summed E-state index contributed by atoms with van der Waals surface area (Å²) in [5, 5.41) is 29.9. The highest BCUT2D eigenvalue weighted by atomic mass is 16.6. The molecule has 4 aliphatic heterocycles. The topological polar surface area (TPSA) is 284 Å². The minimum absolute atomic E-state index is 0.0158. The molecule has 4 heterocycles. The molecule has 2 bridgehead atoms. The average Bonchev–Trinajstić information content (AvgIpc) is 0.779. The first-order chi connectivity index (χ1) is 46.1. The molecule has 24 nitrogen and oxygen atoms in total. The van der Waals surface area contributed by atoms with Gasteiger partial charge in [-0.2, -0.15) is 0 Å². The molecule has 1 aliphatic carbocycles. The monoisotopic (exact) mass is 1360 g/mol. The highest BCUT2D eigenvalue weighted by molar-refractivity contribution is 6.39. The molecule has 5 rings (SSSR count). The standard InChI is InChI=1S/C72H120N4O20/c1-13-89-33-34-91-37-38-93-40-39-92-36-35-90-32-28-73-64(77)47-75-30-26-56(27-31-75)74-71(83)95-59-25-23-55(44-63(59)87-11)43-51(5)62-46-61(86-10)50(4)42-53(7)66(79)67(88-12)65(78)52(6)41-48(2)19-15-14-16-20-49(3)60(85-9)45-57-24-22-54(8)72(84,96-57)68(80)69(81)76-29-18-17-21-58(76)70(82)94-62/h14-16,19-20,42,48,50-52,54-63,66-67,79,84H,13,17-18,21-41,43-47H2,1-12H3,(H,73,77)(H,74,83)/b16-14+,19-15+,49-20+,53-42+/t48-,50-,51-,52-,54-,55+,57+,58+,59-,60+,61-,62+,63-,66-,67+,72-/m1/s1. The van der Waals surface area contributed by atoms with Crippen molar-refractivity contribution in [2.75, 3.05) is 127 Å². The second kappa shape index (κ2) is 43.9. The van der Waals surface area contributed by atoms with E-state index in [1.165, 1.54) is 12.0 Å². The Morgan fingerprint density at radius 3 is 2.00 bits per heavy atom. The lowest BCUT2D eigenvalue weighted by molar-refractivity contribution is -0.265. The summed E-state index contributed by atoms with van der Waals surface area (Å²) in [6.07, 6.45) is 12.1. The third-order valence-electron chi connectivity index (χ3n) is 19.7. The van der Waals surface area contributed by atoms with Crippen LogP contribution in [0.25, 0.3) is 0 Å². The lowest BCUT2D eigenvalue weighted by Gasteiger charge is -2.43. The third-order valence-corrected chi connectivity index (χ3v) is 19.7. The minimum Gasteiger partial charge on any atom is -0.460 e. The largest absolute Gasteiger partial charge is 0.460 e. The molecule has 0 spiro atoms. The molecule has 4 fully saturated rings. The Morgan fingerprint density at radius 1 is 0.708 bits per heavy atom. The Balaban J connectivity index is 1.21. The predicted molar refractivity (Wildman–Crippen MR) is 361 cm³/mol. The maximum absolute atomic E-state index is 14.9. The van der Waals surface area contributed by atoms with Gasteiger partial charge >= 0.3 is 12.1 Å². The number of Topliss-reactive ketones (excluding diaryl/α,β-unsaturated/α-hetero) is 2. The summed E-state index contributed by atoms with van der Waals surface area (Å²) < 4.78 is 70.0. The van der Waals surface area contributed by atoms with Crippen LogP contribution in [0.15, 0.2) is 47.6 Å². The second-order valence-corrected chi connectivity index (χ2v) is 27.1. The summed E-state index contributed by atoms with van der Waals surface area (Å²) in [6.45, 7) is 22.0. The molecule has 0 radical (unpaired) electrons. The summed E-state index contributed by atoms with van der Waals surface area (Å²) in [4.78, 5) is 87.5. The van der Waals surface area contributed by atoms with Gasteiger partial charge in [-0.3, -0.25) is 24.1 Å². The number of piperidine rings is 2. The molecule has 0 unspecified atom stereocenters. The third kappa shape index (κ3) is 26.9. The van der Waals surface area contributed by atoms with Gasteiger partial charge in [0.05, 0.1) is 90.4 Å². The summed E-state index contributed by atoms with van der Waals surface area (Å²) in [6, 6.07) is -1.26. The fourth-order valence-corrected chi connectivity index (χ4v) is 13.8. The Kier molecular flexibility index (Phi) is 37.5. The number of amides is 3. The molecule has 0 aromatic carbocycles. The van der Waals surface area contributed by atoms with Crippen LogP contribution in [0.1, 0.15) is 145 Å². The van der Waals surface area contributed by atoms with Crippen molar-refractivity contribution in [3.63, 3.8) is 0 Å². The smallest absolute Gasteiger partial charge is 0.407 e. The van der Waals surface area contributed by atoms with Crippen LogP contribution < -0.4 is 10.6 Å². The van der Waals surface area contributed by atoms with Gasteiger partial charge in [-0.15, -0.1) is 0 Å². The molecular weight excluding hydrogens is 1240 g/mol. The Morgan fingerprint density at radius 2 is 1.36 bits per heavy atom. The van der Waals surface area contributed by atoms with Crippen molar-refractivity contribution in [1.82, 2.24) is 20.4 Å². The maximum Gasteiger partial charge on any atom is 0.407 e. The van der Waals surface area contributed by atoms with Gasteiger partial charge in [0.2, 0.25) is 11.7 Å². The van der Waals surface area contributed by atoms with Gasteiger partial charge in [-0.1, -0.05) is 71.1 Å². The van der Waals surface area contributed by atoms with Gasteiger partial charge in [-0.05, 0) is 127 Å². The number of esters is 1. The van der Waals surface area contributed by atoms with Crippen LogP contribution >= 0.6 is 0 Å². The number of aliphatic hydroxyl groups excluding tert-OH is 1. The van der Waals surface area contributed by atoms with E-state index in [-0.39, 0.29) is 67.3 Å². The molecule has 24 heteroatoms. The number of rotatable bonds is 27. The zero-order valence-corrected chi connectivity index (χ0v) is 59.8. The molecule has 5 aliphatic rings. The van der Waals surface area contributed by atoms with E-state index in [2.05, 4.69) is 15.5 Å². The summed E-state index contributed by atoms with van der Waals surface area (Å²) >= 11 is 0. The normalized spacial score (nSPS) is 33.2. The van der Waals surface area contributed by atoms with Crippen molar-refractivity contribution < 1.29 is 95.8 Å². The van der Waals surface area contributed by atoms with E-state index in [1.807, 2.05) is 78.0 Å². The zero-order chi connectivity index (χ0) is 70.2. The number of nitrogens with zero attached hydrogens (tertiary/aromatic N) is 2. The van der Waals surface area contributed by atoms with Gasteiger partial charge in [0.1, 0.15) is 30.5 Å². The maximum atomic E-state index is 14.9. The van der Waals surface area contributed by atoms with Crippen LogP contribution in [0.3, 0.4) is 0 Å². The number of allylic oxidation sites excluding steroid dienone is 5. The predicted octanol–water partition coefficient (Wildman–Crippen LogP) is 7.04. The number of alkyl carbamates (subject to hydrolysis) is 1. The van der Waals surface area contributed by atoms with Crippen LogP contribution in [0.4, 0.5) is 4.79 Å². The summed E-state index contributed by atoms with van der Waals surface area (Å²) in [5.74, 6) is -7.35. The fourth-order valence-electron chi connectivity index (χ4n) is 13.8. The lowest BCUT2D eigenvalue weighted by atomic mass is 9.78. The van der Waals surface area contributed by atoms with Gasteiger partial charge in [0, 0.05) is 97.9 Å². The SMILES string of the molecule is CCOCCOCCOCCOCCOCCNC(=O)CN1CCC(NC(=O)O[C@@H]2CC[C@@H](C[C@@H](C)[C@@H]3C[C@@H](OC)[C@H](C)/C=C(\C)[C@@H](O)[C@@H](OC)C(=O)[C@H](C)C[C@H](C)/C=C/C=C/C=C(\C)[C@@H](OC)C[C@@H]4CC[C@@H](C)[C@@](O)(O4)C(=O)C(=O)N4CCCC[C@H]4C(=O)O3)C[C@H]2OC)CC1. The Bertz CT molecular complexity index is 2470. The highest BCUT2D eigenvalue weighted by Gasteiger charge is 2.53. The molecule has 0 aromatic heterocycles. The van der Waals surface area contributed by atoms with Crippen LogP contribution in [0.2, 0.25) is 0 Å². The molecular formula is C72H120N4O20. The Labute approximate surface area is 571 Å². The number of likely N-dealkylation sites (tertiary alicyclic amines) is 1. The number of carbonyl (C=O) groups excluding carboxylic acids is 6. The van der Waals surface area contributed by atoms with Crippen LogP contribution in [0.5, 0.6) is 0 Å². The fraction of sp³-hybridized carbons (Fsp3) is 0.806.